The third kappa shape index (κ3) is 5.38. The maximum atomic E-state index is 12.1. The molecule has 0 bridgehead atoms. The topological polar surface area (TPSA) is 66.9 Å². The summed E-state index contributed by atoms with van der Waals surface area (Å²) in [6, 6.07) is 19.0. The van der Waals surface area contributed by atoms with Crippen LogP contribution >= 0.6 is 0 Å². The molecule has 138 valence electrons. The monoisotopic (exact) mass is 360 g/mol. The fourth-order valence-corrected chi connectivity index (χ4v) is 2.58. The first kappa shape index (κ1) is 18.6. The van der Waals surface area contributed by atoms with Gasteiger partial charge in [0.2, 0.25) is 0 Å². The summed E-state index contributed by atoms with van der Waals surface area (Å²) in [5, 5.41) is 6.20. The van der Waals surface area contributed by atoms with Crippen LogP contribution in [0.3, 0.4) is 0 Å². The number of nitrogens with one attached hydrogen (secondary N) is 2. The zero-order valence-electron chi connectivity index (χ0n) is 15.6. The van der Waals surface area contributed by atoms with Gasteiger partial charge in [0.25, 0.3) is 5.91 Å². The van der Waals surface area contributed by atoms with E-state index >= 15 is 0 Å². The van der Waals surface area contributed by atoms with Gasteiger partial charge in [-0.1, -0.05) is 44.2 Å². The van der Waals surface area contributed by atoms with E-state index in [-0.39, 0.29) is 5.91 Å². The molecule has 27 heavy (non-hydrogen) atoms. The molecule has 0 aliphatic carbocycles. The highest BCUT2D eigenvalue weighted by molar-refractivity contribution is 5.94. The number of hydrogen-bond acceptors (Lipinski definition) is 4. The van der Waals surface area contributed by atoms with Crippen molar-refractivity contribution >= 4 is 17.4 Å². The van der Waals surface area contributed by atoms with Crippen LogP contribution in [0.5, 0.6) is 0 Å². The number of carbonyl (C=O) groups excluding carboxylic acids is 1. The molecule has 1 amide bonds. The number of nitrogens with zero attached hydrogens (tertiary/aromatic N) is 2. The SMILES string of the molecule is CC(C)CCNC(=O)c1ccc(Nc2ccnc(-c3ccccc3)n2)cc1. The number of anilines is 2. The van der Waals surface area contributed by atoms with Crippen molar-refractivity contribution in [1.29, 1.82) is 0 Å². The number of aromatic nitrogens is 2. The highest BCUT2D eigenvalue weighted by atomic mass is 16.1. The second-order valence-electron chi connectivity index (χ2n) is 6.77. The molecule has 0 aliphatic heterocycles. The van der Waals surface area contributed by atoms with E-state index in [1.165, 1.54) is 0 Å². The lowest BCUT2D eigenvalue weighted by molar-refractivity contribution is 0.0952. The van der Waals surface area contributed by atoms with Gasteiger partial charge in [-0.3, -0.25) is 4.79 Å². The summed E-state index contributed by atoms with van der Waals surface area (Å²) in [6.07, 6.45) is 2.71. The molecule has 0 aliphatic rings. The van der Waals surface area contributed by atoms with Gasteiger partial charge in [0.15, 0.2) is 5.82 Å². The quantitative estimate of drug-likeness (QED) is 0.643. The lowest BCUT2D eigenvalue weighted by Gasteiger charge is -2.09. The van der Waals surface area contributed by atoms with E-state index in [0.717, 1.165) is 17.7 Å². The van der Waals surface area contributed by atoms with Gasteiger partial charge >= 0.3 is 0 Å². The van der Waals surface area contributed by atoms with Crippen molar-refractivity contribution in [3.8, 4) is 11.4 Å². The van der Waals surface area contributed by atoms with Gasteiger partial charge in [0, 0.05) is 29.6 Å². The number of benzene rings is 2. The molecular formula is C22H24N4O. The van der Waals surface area contributed by atoms with Crippen LogP contribution in [0.2, 0.25) is 0 Å². The van der Waals surface area contributed by atoms with Crippen LogP contribution < -0.4 is 10.6 Å². The van der Waals surface area contributed by atoms with Gasteiger partial charge in [0.05, 0.1) is 0 Å². The Morgan fingerprint density at radius 2 is 1.74 bits per heavy atom. The third-order valence-corrected chi connectivity index (χ3v) is 4.11. The molecule has 0 atom stereocenters. The lowest BCUT2D eigenvalue weighted by Crippen LogP contribution is -2.25. The zero-order valence-corrected chi connectivity index (χ0v) is 15.6. The number of rotatable bonds is 7. The normalized spacial score (nSPS) is 10.6. The van der Waals surface area contributed by atoms with Gasteiger partial charge in [-0.25, -0.2) is 9.97 Å². The summed E-state index contributed by atoms with van der Waals surface area (Å²) in [4.78, 5) is 21.0. The van der Waals surface area contributed by atoms with E-state index in [9.17, 15) is 4.79 Å². The second kappa shape index (κ2) is 8.94. The highest BCUT2D eigenvalue weighted by Crippen LogP contribution is 2.19. The molecule has 5 nitrogen and oxygen atoms in total. The van der Waals surface area contributed by atoms with E-state index in [0.29, 0.717) is 29.7 Å². The van der Waals surface area contributed by atoms with Crippen molar-refractivity contribution in [2.45, 2.75) is 20.3 Å². The van der Waals surface area contributed by atoms with E-state index in [1.807, 2.05) is 60.7 Å². The molecule has 5 heteroatoms. The molecule has 3 rings (SSSR count). The molecule has 2 aromatic carbocycles. The summed E-state index contributed by atoms with van der Waals surface area (Å²) >= 11 is 0. The average Bonchev–Trinajstić information content (AvgIpc) is 2.69. The van der Waals surface area contributed by atoms with Crippen molar-refractivity contribution < 1.29 is 4.79 Å². The molecule has 3 aromatic rings. The molecular weight excluding hydrogens is 336 g/mol. The van der Waals surface area contributed by atoms with Crippen LogP contribution in [-0.2, 0) is 0 Å². The first-order valence-corrected chi connectivity index (χ1v) is 9.15. The van der Waals surface area contributed by atoms with E-state index in [2.05, 4.69) is 34.4 Å². The Bertz CT molecular complexity index is 876. The second-order valence-corrected chi connectivity index (χ2v) is 6.77. The average molecular weight is 360 g/mol. The summed E-state index contributed by atoms with van der Waals surface area (Å²) in [6.45, 7) is 4.98. The van der Waals surface area contributed by atoms with Crippen molar-refractivity contribution in [3.63, 3.8) is 0 Å². The Labute approximate surface area is 159 Å². The van der Waals surface area contributed by atoms with Gasteiger partial charge in [-0.15, -0.1) is 0 Å². The lowest BCUT2D eigenvalue weighted by atomic mass is 10.1. The molecule has 0 unspecified atom stereocenters. The first-order chi connectivity index (χ1) is 13.1. The summed E-state index contributed by atoms with van der Waals surface area (Å²) < 4.78 is 0. The van der Waals surface area contributed by atoms with Crippen molar-refractivity contribution in [1.82, 2.24) is 15.3 Å². The highest BCUT2D eigenvalue weighted by Gasteiger charge is 2.06. The summed E-state index contributed by atoms with van der Waals surface area (Å²) in [7, 11) is 0. The minimum Gasteiger partial charge on any atom is -0.352 e. The van der Waals surface area contributed by atoms with Gasteiger partial charge in [0.1, 0.15) is 5.82 Å². The van der Waals surface area contributed by atoms with Crippen molar-refractivity contribution in [3.05, 3.63) is 72.4 Å². The minimum atomic E-state index is -0.0457. The maximum absolute atomic E-state index is 12.1. The summed E-state index contributed by atoms with van der Waals surface area (Å²) in [5.41, 5.74) is 2.48. The molecule has 1 heterocycles. The number of amides is 1. The molecule has 1 aromatic heterocycles. The molecule has 0 spiro atoms. The fourth-order valence-electron chi connectivity index (χ4n) is 2.58. The number of hydrogen-bond donors (Lipinski definition) is 2. The van der Waals surface area contributed by atoms with Crippen LogP contribution in [0.25, 0.3) is 11.4 Å². The number of carbonyl (C=O) groups is 1. The van der Waals surface area contributed by atoms with Gasteiger partial charge < -0.3 is 10.6 Å². The predicted molar refractivity (Wildman–Crippen MR) is 109 cm³/mol. The van der Waals surface area contributed by atoms with E-state index < -0.39 is 0 Å². The zero-order chi connectivity index (χ0) is 19.1. The standard InChI is InChI=1S/C22H24N4O/c1-16(2)12-14-24-22(27)18-8-10-19(11-9-18)25-20-13-15-23-21(26-20)17-6-4-3-5-7-17/h3-11,13,15-16H,12,14H2,1-2H3,(H,24,27)(H,23,25,26). The smallest absolute Gasteiger partial charge is 0.251 e. The van der Waals surface area contributed by atoms with Crippen LogP contribution in [0, 0.1) is 5.92 Å². The van der Waals surface area contributed by atoms with E-state index in [1.54, 1.807) is 6.20 Å². The van der Waals surface area contributed by atoms with Crippen molar-refractivity contribution in [2.75, 3.05) is 11.9 Å². The fraction of sp³-hybridized carbons (Fsp3) is 0.227. The van der Waals surface area contributed by atoms with Crippen LogP contribution in [-0.4, -0.2) is 22.4 Å². The van der Waals surface area contributed by atoms with Crippen LogP contribution in [0.4, 0.5) is 11.5 Å². The Hall–Kier alpha value is -3.21. The first-order valence-electron chi connectivity index (χ1n) is 9.15. The molecule has 0 fully saturated rings. The molecule has 0 radical (unpaired) electrons. The Balaban J connectivity index is 1.64. The summed E-state index contributed by atoms with van der Waals surface area (Å²) in [5.74, 6) is 1.90. The largest absolute Gasteiger partial charge is 0.352 e. The van der Waals surface area contributed by atoms with Crippen molar-refractivity contribution in [2.24, 2.45) is 5.92 Å². The minimum absolute atomic E-state index is 0.0457. The maximum Gasteiger partial charge on any atom is 0.251 e. The van der Waals surface area contributed by atoms with Crippen LogP contribution in [0.15, 0.2) is 66.9 Å². The van der Waals surface area contributed by atoms with Gasteiger partial charge in [-0.2, -0.15) is 0 Å². The van der Waals surface area contributed by atoms with Gasteiger partial charge in [-0.05, 0) is 42.7 Å². The predicted octanol–water partition coefficient (Wildman–Crippen LogP) is 4.66. The third-order valence-electron chi connectivity index (χ3n) is 4.11. The van der Waals surface area contributed by atoms with E-state index in [4.69, 9.17) is 0 Å². The Morgan fingerprint density at radius 3 is 2.44 bits per heavy atom. The Morgan fingerprint density at radius 1 is 1.00 bits per heavy atom. The Kier molecular flexibility index (Phi) is 6.15. The van der Waals surface area contributed by atoms with Crippen LogP contribution in [0.1, 0.15) is 30.6 Å². The molecule has 0 saturated heterocycles. The molecule has 0 saturated carbocycles. The molecule has 2 N–H and O–H groups in total.